The number of hydrogen-bond acceptors (Lipinski definition) is 6. The molecule has 2 aliphatic heterocycles. The summed E-state index contributed by atoms with van der Waals surface area (Å²) in [6.45, 7) is 4.94. The molecule has 8 nitrogen and oxygen atoms in total. The minimum absolute atomic E-state index is 0.261. The molecule has 5 heterocycles. The smallest absolute Gasteiger partial charge is 0.237 e. The fourth-order valence-electron chi connectivity index (χ4n) is 5.09. The highest BCUT2D eigenvalue weighted by Crippen LogP contribution is 2.49. The lowest BCUT2D eigenvalue weighted by molar-refractivity contribution is 0.381. The van der Waals surface area contributed by atoms with Crippen molar-refractivity contribution in [3.8, 4) is 23.0 Å². The van der Waals surface area contributed by atoms with Crippen LogP contribution >= 0.6 is 0 Å². The van der Waals surface area contributed by atoms with Gasteiger partial charge >= 0.3 is 0 Å². The molecule has 10 heteroatoms. The van der Waals surface area contributed by atoms with Gasteiger partial charge in [0, 0.05) is 30.6 Å². The minimum atomic E-state index is -0.665. The van der Waals surface area contributed by atoms with Crippen LogP contribution in [0.5, 0.6) is 0 Å². The summed E-state index contributed by atoms with van der Waals surface area (Å²) in [7, 11) is 0. The van der Waals surface area contributed by atoms with Crippen molar-refractivity contribution in [3.05, 3.63) is 60.1 Å². The second kappa shape index (κ2) is 6.65. The first kappa shape index (κ1) is 19.0. The second-order valence-electron chi connectivity index (χ2n) is 8.20. The molecule has 0 spiro atoms. The van der Waals surface area contributed by atoms with Gasteiger partial charge < -0.3 is 4.90 Å². The summed E-state index contributed by atoms with van der Waals surface area (Å²) in [5.41, 5.74) is 0.883. The van der Waals surface area contributed by atoms with Gasteiger partial charge in [0.2, 0.25) is 5.95 Å². The molecule has 3 aromatic heterocycles. The van der Waals surface area contributed by atoms with Gasteiger partial charge in [0.05, 0.1) is 6.20 Å². The van der Waals surface area contributed by atoms with E-state index in [4.69, 9.17) is 4.98 Å². The van der Waals surface area contributed by atoms with Crippen molar-refractivity contribution in [1.29, 1.82) is 0 Å². The quantitative estimate of drug-likeness (QED) is 0.489. The third-order valence-corrected chi connectivity index (χ3v) is 6.53. The Morgan fingerprint density at radius 1 is 1.09 bits per heavy atom. The number of anilines is 1. The number of aromatic nitrogens is 7. The highest BCUT2D eigenvalue weighted by molar-refractivity contribution is 5.66. The molecule has 32 heavy (non-hydrogen) atoms. The molecule has 162 valence electrons. The Morgan fingerprint density at radius 2 is 1.91 bits per heavy atom. The summed E-state index contributed by atoms with van der Waals surface area (Å²) in [4.78, 5) is 16.1. The first-order valence-electron chi connectivity index (χ1n) is 10.6. The van der Waals surface area contributed by atoms with Gasteiger partial charge in [-0.15, -0.1) is 10.2 Å². The van der Waals surface area contributed by atoms with Gasteiger partial charge in [-0.05, 0) is 38.3 Å². The minimum Gasteiger partial charge on any atom is -0.342 e. The van der Waals surface area contributed by atoms with E-state index in [1.807, 2.05) is 11.5 Å². The van der Waals surface area contributed by atoms with Crippen molar-refractivity contribution in [2.24, 2.45) is 0 Å². The highest BCUT2D eigenvalue weighted by Gasteiger charge is 2.50. The van der Waals surface area contributed by atoms with E-state index in [1.165, 1.54) is 12.1 Å². The van der Waals surface area contributed by atoms with Gasteiger partial charge in [-0.1, -0.05) is 6.92 Å². The average molecular weight is 434 g/mol. The Morgan fingerprint density at radius 3 is 2.69 bits per heavy atom. The SMILES string of the molecule is CCC12CCCN1c1nc(-n3ccnc3-c3cc(F)cc(F)c3)ncc1-n1c(C)nnc12. The van der Waals surface area contributed by atoms with Crippen LogP contribution in [-0.4, -0.2) is 40.8 Å². The maximum atomic E-state index is 13.8. The van der Waals surface area contributed by atoms with Crippen LogP contribution in [0.1, 0.15) is 37.8 Å². The Bertz CT molecular complexity index is 1340. The topological polar surface area (TPSA) is 77.5 Å². The fraction of sp³-hybridized carbons (Fsp3) is 0.318. The normalized spacial score (nSPS) is 19.1. The molecule has 1 atom stereocenters. The van der Waals surface area contributed by atoms with Crippen molar-refractivity contribution in [3.63, 3.8) is 0 Å². The molecular formula is C22H20F2N8. The van der Waals surface area contributed by atoms with Gasteiger partial charge in [-0.2, -0.15) is 4.98 Å². The average Bonchev–Trinajstić information content (AvgIpc) is 3.51. The zero-order chi connectivity index (χ0) is 22.0. The molecule has 0 amide bonds. The van der Waals surface area contributed by atoms with Crippen LogP contribution in [0.3, 0.4) is 0 Å². The molecule has 4 aromatic rings. The molecular weight excluding hydrogens is 414 g/mol. The second-order valence-corrected chi connectivity index (χ2v) is 8.20. The predicted molar refractivity (Wildman–Crippen MR) is 113 cm³/mol. The van der Waals surface area contributed by atoms with E-state index in [0.717, 1.165) is 55.0 Å². The van der Waals surface area contributed by atoms with Crippen molar-refractivity contribution >= 4 is 5.82 Å². The number of halogens is 2. The van der Waals surface area contributed by atoms with E-state index in [9.17, 15) is 8.78 Å². The standard InChI is InChI=1S/C22H20F2N8/c1-3-22-5-4-7-31(22)19-17(32-13(2)28-29-20(22)32)12-26-21(27-19)30-8-6-25-18(30)14-9-15(23)11-16(24)10-14/h6,8-12H,3-5,7H2,1-2H3. The number of aryl methyl sites for hydroxylation is 1. The third-order valence-electron chi connectivity index (χ3n) is 6.53. The van der Waals surface area contributed by atoms with Gasteiger partial charge in [0.15, 0.2) is 11.6 Å². The number of rotatable bonds is 3. The van der Waals surface area contributed by atoms with Crippen LogP contribution < -0.4 is 4.90 Å². The number of benzene rings is 1. The van der Waals surface area contributed by atoms with Crippen molar-refractivity contribution in [2.75, 3.05) is 11.4 Å². The van der Waals surface area contributed by atoms with Gasteiger partial charge in [-0.25, -0.2) is 18.7 Å². The number of nitrogens with zero attached hydrogens (tertiary/aromatic N) is 8. The van der Waals surface area contributed by atoms with Crippen LogP contribution in [0.15, 0.2) is 36.8 Å². The summed E-state index contributed by atoms with van der Waals surface area (Å²) in [5, 5.41) is 8.85. The van der Waals surface area contributed by atoms with Crippen molar-refractivity contribution < 1.29 is 8.78 Å². The zero-order valence-corrected chi connectivity index (χ0v) is 17.6. The lowest BCUT2D eigenvalue weighted by Gasteiger charge is -2.42. The molecule has 2 aliphatic rings. The summed E-state index contributed by atoms with van der Waals surface area (Å²) in [5.74, 6) is 1.93. The molecule has 0 radical (unpaired) electrons. The number of hydrogen-bond donors (Lipinski definition) is 0. The maximum absolute atomic E-state index is 13.8. The fourth-order valence-corrected chi connectivity index (χ4v) is 5.09. The van der Waals surface area contributed by atoms with Crippen LogP contribution in [0.25, 0.3) is 23.0 Å². The molecule has 0 aliphatic carbocycles. The van der Waals surface area contributed by atoms with Gasteiger partial charge in [-0.3, -0.25) is 9.13 Å². The van der Waals surface area contributed by atoms with Crippen LogP contribution in [0.4, 0.5) is 14.6 Å². The largest absolute Gasteiger partial charge is 0.342 e. The summed E-state index contributed by atoms with van der Waals surface area (Å²) in [6, 6.07) is 3.33. The lowest BCUT2D eigenvalue weighted by atomic mass is 9.90. The third kappa shape index (κ3) is 2.49. The predicted octanol–water partition coefficient (Wildman–Crippen LogP) is 3.72. The molecule has 0 bridgehead atoms. The van der Waals surface area contributed by atoms with E-state index in [1.54, 1.807) is 23.2 Å². The van der Waals surface area contributed by atoms with Crippen molar-refractivity contribution in [2.45, 2.75) is 38.6 Å². The first-order valence-corrected chi connectivity index (χ1v) is 10.6. The van der Waals surface area contributed by atoms with E-state index in [0.29, 0.717) is 17.3 Å². The van der Waals surface area contributed by atoms with E-state index in [2.05, 4.69) is 32.0 Å². The molecule has 1 aromatic carbocycles. The highest BCUT2D eigenvalue weighted by atomic mass is 19.1. The molecule has 1 unspecified atom stereocenters. The summed E-state index contributed by atoms with van der Waals surface area (Å²) < 4.78 is 31.3. The van der Waals surface area contributed by atoms with Gasteiger partial charge in [0.1, 0.15) is 34.5 Å². The van der Waals surface area contributed by atoms with E-state index in [-0.39, 0.29) is 5.54 Å². The molecule has 6 rings (SSSR count). The summed E-state index contributed by atoms with van der Waals surface area (Å²) >= 11 is 0. The Hall–Kier alpha value is -3.69. The van der Waals surface area contributed by atoms with Crippen LogP contribution in [0.2, 0.25) is 0 Å². The maximum Gasteiger partial charge on any atom is 0.237 e. The van der Waals surface area contributed by atoms with Crippen LogP contribution in [0, 0.1) is 18.6 Å². The van der Waals surface area contributed by atoms with E-state index >= 15 is 0 Å². The first-order chi connectivity index (χ1) is 15.5. The zero-order valence-electron chi connectivity index (χ0n) is 17.6. The number of imidazole rings is 1. The molecule has 0 saturated carbocycles. The van der Waals surface area contributed by atoms with Gasteiger partial charge in [0.25, 0.3) is 0 Å². The Balaban J connectivity index is 1.54. The lowest BCUT2D eigenvalue weighted by Crippen LogP contribution is -2.47. The van der Waals surface area contributed by atoms with Crippen molar-refractivity contribution in [1.82, 2.24) is 34.3 Å². The Labute approximate surface area is 182 Å². The summed E-state index contributed by atoms with van der Waals surface area (Å²) in [6.07, 6.45) is 7.88. The monoisotopic (exact) mass is 434 g/mol. The number of fused-ring (bicyclic) bond motifs is 6. The van der Waals surface area contributed by atoms with E-state index < -0.39 is 11.6 Å². The molecule has 0 N–H and O–H groups in total. The molecule has 1 saturated heterocycles. The molecule has 1 fully saturated rings. The Kier molecular flexibility index (Phi) is 3.96. The van der Waals surface area contributed by atoms with Crippen LogP contribution in [-0.2, 0) is 5.54 Å².